The monoisotopic (exact) mass is 203 g/mol. The first kappa shape index (κ1) is 10.3. The van der Waals surface area contributed by atoms with E-state index in [1.54, 1.807) is 0 Å². The molecule has 0 unspecified atom stereocenters. The zero-order chi connectivity index (χ0) is 10.9. The Morgan fingerprint density at radius 3 is 2.64 bits per heavy atom. The fourth-order valence-electron chi connectivity index (χ4n) is 0.941. The number of hydrogen-bond acceptors (Lipinski definition) is 4. The predicted octanol–water partition coefficient (Wildman–Crippen LogP) is 1.82. The number of rotatable bonds is 2. The van der Waals surface area contributed by atoms with Crippen LogP contribution in [0.25, 0.3) is 0 Å². The number of nitro groups is 1. The fourth-order valence-corrected chi connectivity index (χ4v) is 0.941. The molecule has 0 fully saturated rings. The van der Waals surface area contributed by atoms with E-state index in [4.69, 9.17) is 5.73 Å². The molecule has 1 aromatic rings. The minimum Gasteiger partial charge on any atom is -0.398 e. The molecule has 7 heteroatoms. The van der Waals surface area contributed by atoms with Crippen molar-refractivity contribution in [2.45, 2.75) is 13.3 Å². The van der Waals surface area contributed by atoms with Crippen LogP contribution in [-0.2, 0) is 0 Å². The van der Waals surface area contributed by atoms with E-state index in [1.807, 2.05) is 0 Å². The highest BCUT2D eigenvalue weighted by atomic mass is 19.3. The number of alkyl halides is 2. The normalized spacial score (nSPS) is 10.6. The standard InChI is InChI=1S/C7H7F2N3O2/c1-3-4(10)2-5(12(13)14)11-6(3)7(8)9/h2,7H,1H3,(H2,10,11). The predicted molar refractivity (Wildman–Crippen MR) is 45.0 cm³/mol. The van der Waals surface area contributed by atoms with Crippen LogP contribution in [0.1, 0.15) is 17.7 Å². The third-order valence-corrected chi connectivity index (χ3v) is 1.73. The lowest BCUT2D eigenvalue weighted by molar-refractivity contribution is -0.389. The van der Waals surface area contributed by atoms with E-state index in [-0.39, 0.29) is 11.3 Å². The molecule has 76 valence electrons. The van der Waals surface area contributed by atoms with E-state index >= 15 is 0 Å². The molecule has 0 spiro atoms. The fraction of sp³-hybridized carbons (Fsp3) is 0.286. The zero-order valence-corrected chi connectivity index (χ0v) is 7.20. The van der Waals surface area contributed by atoms with Gasteiger partial charge in [0.15, 0.2) is 0 Å². The Balaban J connectivity index is 3.35. The molecule has 5 nitrogen and oxygen atoms in total. The van der Waals surface area contributed by atoms with Gasteiger partial charge in [0.1, 0.15) is 0 Å². The first-order valence-electron chi connectivity index (χ1n) is 3.63. The molecule has 0 amide bonds. The molecule has 0 radical (unpaired) electrons. The van der Waals surface area contributed by atoms with Crippen LogP contribution >= 0.6 is 0 Å². The van der Waals surface area contributed by atoms with Crippen molar-refractivity contribution < 1.29 is 13.7 Å². The second-order valence-electron chi connectivity index (χ2n) is 2.64. The van der Waals surface area contributed by atoms with Crippen LogP contribution in [0.15, 0.2) is 6.07 Å². The van der Waals surface area contributed by atoms with E-state index < -0.39 is 22.9 Å². The molecule has 1 heterocycles. The lowest BCUT2D eigenvalue weighted by atomic mass is 10.2. The van der Waals surface area contributed by atoms with E-state index in [0.717, 1.165) is 6.07 Å². The number of nitrogens with zero attached hydrogens (tertiary/aromatic N) is 2. The van der Waals surface area contributed by atoms with Crippen molar-refractivity contribution in [1.29, 1.82) is 0 Å². The number of halogens is 2. The summed E-state index contributed by atoms with van der Waals surface area (Å²) < 4.78 is 24.6. The van der Waals surface area contributed by atoms with Crippen LogP contribution in [0.5, 0.6) is 0 Å². The van der Waals surface area contributed by atoms with Crippen molar-refractivity contribution in [2.24, 2.45) is 0 Å². The van der Waals surface area contributed by atoms with Crippen LogP contribution < -0.4 is 5.73 Å². The van der Waals surface area contributed by atoms with Gasteiger partial charge in [-0.2, -0.15) is 0 Å². The molecule has 14 heavy (non-hydrogen) atoms. The number of aromatic nitrogens is 1. The minimum absolute atomic E-state index is 0.0537. The molecule has 0 bridgehead atoms. The summed E-state index contributed by atoms with van der Waals surface area (Å²) in [5.41, 5.74) is 4.70. The zero-order valence-electron chi connectivity index (χ0n) is 7.20. The van der Waals surface area contributed by atoms with Gasteiger partial charge < -0.3 is 15.8 Å². The maximum Gasteiger partial charge on any atom is 0.366 e. The first-order valence-corrected chi connectivity index (χ1v) is 3.63. The molecule has 0 aliphatic heterocycles. The Morgan fingerprint density at radius 1 is 1.64 bits per heavy atom. The average molecular weight is 203 g/mol. The summed E-state index contributed by atoms with van der Waals surface area (Å²) in [7, 11) is 0. The smallest absolute Gasteiger partial charge is 0.366 e. The van der Waals surface area contributed by atoms with Crippen molar-refractivity contribution in [1.82, 2.24) is 4.98 Å². The third-order valence-electron chi connectivity index (χ3n) is 1.73. The van der Waals surface area contributed by atoms with Gasteiger partial charge in [0.25, 0.3) is 0 Å². The summed E-state index contributed by atoms with van der Waals surface area (Å²) in [6, 6.07) is 0.960. The van der Waals surface area contributed by atoms with Crippen LogP contribution in [0, 0.1) is 17.0 Å². The van der Waals surface area contributed by atoms with Gasteiger partial charge in [0.2, 0.25) is 5.69 Å². The number of anilines is 1. The average Bonchev–Trinajstić information content (AvgIpc) is 2.08. The van der Waals surface area contributed by atoms with Gasteiger partial charge in [-0.25, -0.2) is 8.78 Å². The first-order chi connectivity index (χ1) is 6.43. The SMILES string of the molecule is Cc1c(N)cc([N+](=O)[O-])nc1C(F)F. The lowest BCUT2D eigenvalue weighted by Crippen LogP contribution is -2.03. The van der Waals surface area contributed by atoms with Gasteiger partial charge >= 0.3 is 12.2 Å². The Kier molecular flexibility index (Phi) is 2.59. The van der Waals surface area contributed by atoms with Crippen LogP contribution in [0.2, 0.25) is 0 Å². The molecule has 0 atom stereocenters. The second kappa shape index (κ2) is 3.52. The van der Waals surface area contributed by atoms with Gasteiger partial charge in [-0.15, -0.1) is 0 Å². The molecule has 2 N–H and O–H groups in total. The van der Waals surface area contributed by atoms with Crippen molar-refractivity contribution in [3.8, 4) is 0 Å². The molecular weight excluding hydrogens is 196 g/mol. The summed E-state index contributed by atoms with van der Waals surface area (Å²) in [4.78, 5) is 12.6. The number of hydrogen-bond donors (Lipinski definition) is 1. The molecule has 0 aromatic carbocycles. The van der Waals surface area contributed by atoms with Gasteiger partial charge in [-0.3, -0.25) is 0 Å². The molecule has 0 aliphatic carbocycles. The van der Waals surface area contributed by atoms with E-state index in [2.05, 4.69) is 4.98 Å². The van der Waals surface area contributed by atoms with Gasteiger partial charge in [0.05, 0.1) is 6.07 Å². The lowest BCUT2D eigenvalue weighted by Gasteiger charge is -2.02. The summed E-state index contributed by atoms with van der Waals surface area (Å²) in [6.45, 7) is 1.34. The van der Waals surface area contributed by atoms with Gasteiger partial charge in [0, 0.05) is 11.3 Å². The molecule has 0 saturated heterocycles. The highest BCUT2D eigenvalue weighted by Crippen LogP contribution is 2.27. The minimum atomic E-state index is -2.86. The highest BCUT2D eigenvalue weighted by Gasteiger charge is 2.23. The van der Waals surface area contributed by atoms with Gasteiger partial charge in [-0.05, 0) is 16.8 Å². The summed E-state index contributed by atoms with van der Waals surface area (Å²) in [5.74, 6) is -0.664. The molecular formula is C7H7F2N3O2. The Labute approximate surface area is 77.7 Å². The quantitative estimate of drug-likeness (QED) is 0.587. The summed E-state index contributed by atoms with van der Waals surface area (Å²) in [6.07, 6.45) is -2.86. The van der Waals surface area contributed by atoms with Crippen molar-refractivity contribution in [3.63, 3.8) is 0 Å². The Morgan fingerprint density at radius 2 is 2.21 bits per heavy atom. The largest absolute Gasteiger partial charge is 0.398 e. The second-order valence-corrected chi connectivity index (χ2v) is 2.64. The van der Waals surface area contributed by atoms with Crippen LogP contribution in [-0.4, -0.2) is 9.91 Å². The van der Waals surface area contributed by atoms with E-state index in [9.17, 15) is 18.9 Å². The van der Waals surface area contributed by atoms with Gasteiger partial charge in [-0.1, -0.05) is 0 Å². The van der Waals surface area contributed by atoms with Crippen molar-refractivity contribution in [3.05, 3.63) is 27.4 Å². The Hall–Kier alpha value is -1.79. The number of nitrogens with two attached hydrogens (primary N) is 1. The van der Waals surface area contributed by atoms with Crippen molar-refractivity contribution >= 4 is 11.5 Å². The summed E-state index contributed by atoms with van der Waals surface area (Å²) in [5, 5.41) is 10.3. The van der Waals surface area contributed by atoms with E-state index in [0.29, 0.717) is 0 Å². The topological polar surface area (TPSA) is 82.0 Å². The third kappa shape index (κ3) is 1.76. The molecule has 0 aliphatic rings. The van der Waals surface area contributed by atoms with Crippen LogP contribution in [0.4, 0.5) is 20.3 Å². The van der Waals surface area contributed by atoms with E-state index in [1.165, 1.54) is 6.92 Å². The maximum absolute atomic E-state index is 12.3. The molecule has 0 saturated carbocycles. The Bertz CT molecular complexity index is 381. The highest BCUT2D eigenvalue weighted by molar-refractivity contribution is 5.52. The number of nitrogen functional groups attached to an aromatic ring is 1. The molecule has 1 aromatic heterocycles. The molecule has 1 rings (SSSR count). The maximum atomic E-state index is 12.3. The van der Waals surface area contributed by atoms with Crippen LogP contribution in [0.3, 0.4) is 0 Å². The van der Waals surface area contributed by atoms with Crippen molar-refractivity contribution in [2.75, 3.05) is 5.73 Å². The summed E-state index contributed by atoms with van der Waals surface area (Å²) >= 11 is 0. The number of pyridine rings is 1.